The van der Waals surface area contributed by atoms with Gasteiger partial charge in [0.25, 0.3) is 17.5 Å². The van der Waals surface area contributed by atoms with E-state index in [1.165, 1.54) is 18.6 Å². The van der Waals surface area contributed by atoms with Gasteiger partial charge in [0, 0.05) is 17.1 Å². The van der Waals surface area contributed by atoms with Gasteiger partial charge in [0.05, 0.1) is 16.2 Å². The summed E-state index contributed by atoms with van der Waals surface area (Å²) in [5.74, 6) is -0.949. The van der Waals surface area contributed by atoms with E-state index >= 15 is 0 Å². The van der Waals surface area contributed by atoms with Crippen LogP contribution in [0.1, 0.15) is 52.8 Å². The highest BCUT2D eigenvalue weighted by molar-refractivity contribution is 6.31. The van der Waals surface area contributed by atoms with Crippen molar-refractivity contribution < 1.29 is 14.5 Å². The molecular weight excluding hydrogens is 382 g/mol. The number of anilines is 1. The summed E-state index contributed by atoms with van der Waals surface area (Å²) in [6, 6.07) is 10.5. The monoisotopic (exact) mass is 401 g/mol. The number of hydrogen-bond acceptors (Lipinski definition) is 4. The van der Waals surface area contributed by atoms with Gasteiger partial charge < -0.3 is 10.6 Å². The summed E-state index contributed by atoms with van der Waals surface area (Å²) in [6.45, 7) is 0. The smallest absolute Gasteiger partial charge is 0.283 e. The molecule has 1 saturated carbocycles. The number of para-hydroxylation sites is 1. The van der Waals surface area contributed by atoms with Crippen molar-refractivity contribution in [1.82, 2.24) is 5.32 Å². The first kappa shape index (κ1) is 19.8. The number of carbonyl (C=O) groups excluding carboxylic acids is 2. The van der Waals surface area contributed by atoms with Gasteiger partial charge in [0.2, 0.25) is 0 Å². The predicted molar refractivity (Wildman–Crippen MR) is 107 cm³/mol. The molecule has 7 nitrogen and oxygen atoms in total. The molecule has 2 aromatic rings. The largest absolute Gasteiger partial charge is 0.349 e. The summed E-state index contributed by atoms with van der Waals surface area (Å²) in [7, 11) is 0. The molecular formula is C20H20ClN3O4. The summed E-state index contributed by atoms with van der Waals surface area (Å²) in [5.41, 5.74) is 0.0918. The first-order valence-corrected chi connectivity index (χ1v) is 9.48. The lowest BCUT2D eigenvalue weighted by Gasteiger charge is -2.23. The lowest BCUT2D eigenvalue weighted by molar-refractivity contribution is -0.385. The Morgan fingerprint density at radius 1 is 1.00 bits per heavy atom. The van der Waals surface area contributed by atoms with E-state index < -0.39 is 16.5 Å². The molecule has 1 fully saturated rings. The molecule has 3 rings (SSSR count). The zero-order chi connectivity index (χ0) is 20.1. The lowest BCUT2D eigenvalue weighted by Crippen LogP contribution is -2.36. The van der Waals surface area contributed by atoms with Crippen LogP contribution >= 0.6 is 11.6 Å². The van der Waals surface area contributed by atoms with Crippen LogP contribution in [-0.2, 0) is 0 Å². The molecule has 146 valence electrons. The lowest BCUT2D eigenvalue weighted by atomic mass is 9.95. The molecule has 0 aromatic heterocycles. The fourth-order valence-corrected chi connectivity index (χ4v) is 3.50. The Labute approximate surface area is 167 Å². The highest BCUT2D eigenvalue weighted by Gasteiger charge is 2.23. The zero-order valence-corrected chi connectivity index (χ0v) is 15.9. The van der Waals surface area contributed by atoms with E-state index in [1.54, 1.807) is 24.3 Å². The van der Waals surface area contributed by atoms with Crippen LogP contribution in [0.4, 0.5) is 11.4 Å². The van der Waals surface area contributed by atoms with Crippen molar-refractivity contribution in [3.8, 4) is 0 Å². The van der Waals surface area contributed by atoms with Crippen LogP contribution in [0, 0.1) is 10.1 Å². The standard InChI is InChI=1S/C20H20ClN3O4/c21-13-10-11-16(18(12-13)24(27)28)20(26)23-17-9-5-4-8-15(17)19(25)22-14-6-2-1-3-7-14/h4-5,8-12,14H,1-3,6-7H2,(H,22,25)(H,23,26). The van der Waals surface area contributed by atoms with Crippen molar-refractivity contribution in [1.29, 1.82) is 0 Å². The van der Waals surface area contributed by atoms with E-state index in [4.69, 9.17) is 11.6 Å². The van der Waals surface area contributed by atoms with Gasteiger partial charge in [-0.15, -0.1) is 0 Å². The van der Waals surface area contributed by atoms with Gasteiger partial charge in [0.15, 0.2) is 0 Å². The third kappa shape index (κ3) is 4.67. The van der Waals surface area contributed by atoms with Crippen LogP contribution in [0.25, 0.3) is 0 Å². The second-order valence-corrected chi connectivity index (χ2v) is 7.16. The Kier molecular flexibility index (Phi) is 6.26. The van der Waals surface area contributed by atoms with Crippen LogP contribution in [0.3, 0.4) is 0 Å². The van der Waals surface area contributed by atoms with Crippen LogP contribution in [0.15, 0.2) is 42.5 Å². The average molecular weight is 402 g/mol. The number of rotatable bonds is 5. The minimum atomic E-state index is -0.679. The Bertz CT molecular complexity index is 910. The molecule has 0 radical (unpaired) electrons. The number of carbonyl (C=O) groups is 2. The predicted octanol–water partition coefficient (Wildman–Crippen LogP) is 4.56. The summed E-state index contributed by atoms with van der Waals surface area (Å²) in [6.07, 6.45) is 5.24. The van der Waals surface area contributed by atoms with E-state index in [9.17, 15) is 19.7 Å². The van der Waals surface area contributed by atoms with Gasteiger partial charge in [-0.25, -0.2) is 0 Å². The number of benzene rings is 2. The molecule has 0 spiro atoms. The quantitative estimate of drug-likeness (QED) is 0.566. The van der Waals surface area contributed by atoms with E-state index in [-0.39, 0.29) is 22.5 Å². The Balaban J connectivity index is 1.81. The van der Waals surface area contributed by atoms with Gasteiger partial charge >= 0.3 is 0 Å². The molecule has 1 aliphatic rings. The van der Waals surface area contributed by atoms with Crippen molar-refractivity contribution in [2.45, 2.75) is 38.1 Å². The van der Waals surface area contributed by atoms with Crippen LogP contribution < -0.4 is 10.6 Å². The topological polar surface area (TPSA) is 101 Å². The molecule has 2 aromatic carbocycles. The number of hydrogen-bond donors (Lipinski definition) is 2. The van der Waals surface area contributed by atoms with Crippen molar-refractivity contribution in [2.75, 3.05) is 5.32 Å². The number of nitrogens with zero attached hydrogens (tertiary/aromatic N) is 1. The first-order chi connectivity index (χ1) is 13.5. The van der Waals surface area contributed by atoms with Crippen LogP contribution in [0.5, 0.6) is 0 Å². The maximum atomic E-state index is 12.7. The summed E-state index contributed by atoms with van der Waals surface area (Å²) >= 11 is 5.80. The van der Waals surface area contributed by atoms with Crippen molar-refractivity contribution in [3.05, 3.63) is 68.7 Å². The molecule has 0 aliphatic heterocycles. The van der Waals surface area contributed by atoms with Gasteiger partial charge in [-0.1, -0.05) is 43.0 Å². The molecule has 2 amide bonds. The zero-order valence-electron chi connectivity index (χ0n) is 15.1. The maximum Gasteiger partial charge on any atom is 0.283 e. The summed E-state index contributed by atoms with van der Waals surface area (Å²) < 4.78 is 0. The van der Waals surface area contributed by atoms with Crippen molar-refractivity contribution >= 4 is 34.8 Å². The van der Waals surface area contributed by atoms with Gasteiger partial charge in [-0.05, 0) is 37.1 Å². The maximum absolute atomic E-state index is 12.7. The first-order valence-electron chi connectivity index (χ1n) is 9.11. The normalized spacial score (nSPS) is 14.3. The molecule has 2 N–H and O–H groups in total. The number of nitro groups is 1. The number of nitro benzene ring substituents is 1. The second-order valence-electron chi connectivity index (χ2n) is 6.73. The number of amides is 2. The molecule has 0 unspecified atom stereocenters. The van der Waals surface area contributed by atoms with E-state index in [0.29, 0.717) is 11.3 Å². The van der Waals surface area contributed by atoms with E-state index in [1.807, 2.05) is 0 Å². The second kappa shape index (κ2) is 8.84. The Hall–Kier alpha value is -2.93. The van der Waals surface area contributed by atoms with Gasteiger partial charge in [-0.2, -0.15) is 0 Å². The number of nitrogens with one attached hydrogen (secondary N) is 2. The molecule has 8 heteroatoms. The fraction of sp³-hybridized carbons (Fsp3) is 0.300. The molecule has 1 aliphatic carbocycles. The molecule has 0 atom stereocenters. The summed E-state index contributed by atoms with van der Waals surface area (Å²) in [5, 5.41) is 17.0. The number of halogens is 1. The van der Waals surface area contributed by atoms with Crippen LogP contribution in [-0.4, -0.2) is 22.8 Å². The molecule has 0 heterocycles. The summed E-state index contributed by atoms with van der Waals surface area (Å²) in [4.78, 5) is 35.9. The Morgan fingerprint density at radius 2 is 1.71 bits per heavy atom. The minimum absolute atomic E-state index is 0.127. The third-order valence-corrected chi connectivity index (χ3v) is 5.00. The Morgan fingerprint density at radius 3 is 2.43 bits per heavy atom. The fourth-order valence-electron chi connectivity index (χ4n) is 3.34. The molecule has 28 heavy (non-hydrogen) atoms. The van der Waals surface area contributed by atoms with E-state index in [2.05, 4.69) is 10.6 Å². The van der Waals surface area contributed by atoms with Crippen molar-refractivity contribution in [2.24, 2.45) is 0 Å². The highest BCUT2D eigenvalue weighted by Crippen LogP contribution is 2.25. The van der Waals surface area contributed by atoms with Crippen LogP contribution in [0.2, 0.25) is 5.02 Å². The SMILES string of the molecule is O=C(NC1CCCCC1)c1ccccc1NC(=O)c1ccc(Cl)cc1[N+](=O)[O-]. The molecule has 0 saturated heterocycles. The minimum Gasteiger partial charge on any atom is -0.349 e. The van der Waals surface area contributed by atoms with Gasteiger partial charge in [-0.3, -0.25) is 19.7 Å². The van der Waals surface area contributed by atoms with E-state index in [0.717, 1.165) is 31.7 Å². The third-order valence-electron chi connectivity index (χ3n) is 4.76. The highest BCUT2D eigenvalue weighted by atomic mass is 35.5. The molecule has 0 bridgehead atoms. The van der Waals surface area contributed by atoms with Crippen molar-refractivity contribution in [3.63, 3.8) is 0 Å². The average Bonchev–Trinajstić information content (AvgIpc) is 2.69. The van der Waals surface area contributed by atoms with Gasteiger partial charge in [0.1, 0.15) is 5.56 Å².